The minimum absolute atomic E-state index is 0.0950. The Morgan fingerprint density at radius 3 is 2.91 bits per heavy atom. The second-order valence-corrected chi connectivity index (χ2v) is 7.14. The Balaban J connectivity index is 1.97. The van der Waals surface area contributed by atoms with Gasteiger partial charge in [0.2, 0.25) is 0 Å². The predicted octanol–water partition coefficient (Wildman–Crippen LogP) is 2.27. The number of aryl methyl sites for hydroxylation is 1. The van der Waals surface area contributed by atoms with Gasteiger partial charge in [-0.3, -0.25) is 4.79 Å². The maximum absolute atomic E-state index is 12.6. The van der Waals surface area contributed by atoms with E-state index in [9.17, 15) is 4.79 Å². The summed E-state index contributed by atoms with van der Waals surface area (Å²) in [4.78, 5) is 16.8. The first-order valence-electron chi connectivity index (χ1n) is 7.78. The summed E-state index contributed by atoms with van der Waals surface area (Å²) in [7, 11) is 4.12. The fourth-order valence-electron chi connectivity index (χ4n) is 2.67. The number of carbonyl (C=O) groups is 1. The molecule has 1 saturated heterocycles. The van der Waals surface area contributed by atoms with E-state index in [-0.39, 0.29) is 18.6 Å². The molecule has 4 nitrogen and oxygen atoms in total. The molecule has 1 heterocycles. The van der Waals surface area contributed by atoms with E-state index < -0.39 is 0 Å². The van der Waals surface area contributed by atoms with Crippen molar-refractivity contribution in [3.05, 3.63) is 29.8 Å². The second kappa shape index (κ2) is 8.44. The van der Waals surface area contributed by atoms with Gasteiger partial charge in [0.05, 0.1) is 6.04 Å². The Labute approximate surface area is 137 Å². The van der Waals surface area contributed by atoms with Crippen molar-refractivity contribution in [2.45, 2.75) is 19.4 Å². The fraction of sp³-hybridized carbons (Fsp3) is 0.588. The number of likely N-dealkylation sites (N-methyl/N-ethyl adjacent to an activating group) is 1. The lowest BCUT2D eigenvalue weighted by molar-refractivity contribution is -0.135. The Hall–Kier alpha value is -1.20. The minimum atomic E-state index is 0.0950. The highest BCUT2D eigenvalue weighted by atomic mass is 32.2. The molecule has 1 aromatic carbocycles. The Morgan fingerprint density at radius 2 is 2.18 bits per heavy atom. The Morgan fingerprint density at radius 1 is 1.41 bits per heavy atom. The molecule has 1 amide bonds. The average Bonchev–Trinajstić information content (AvgIpc) is 2.71. The molecule has 0 aliphatic carbocycles. The van der Waals surface area contributed by atoms with E-state index >= 15 is 0 Å². The molecule has 1 aliphatic heterocycles. The molecule has 0 spiro atoms. The van der Waals surface area contributed by atoms with Crippen LogP contribution >= 0.6 is 11.8 Å². The van der Waals surface area contributed by atoms with Crippen LogP contribution in [0.2, 0.25) is 0 Å². The van der Waals surface area contributed by atoms with Crippen LogP contribution in [0.4, 0.5) is 0 Å². The molecule has 1 fully saturated rings. The number of nitrogens with zero attached hydrogens (tertiary/aromatic N) is 2. The smallest absolute Gasteiger partial charge is 0.260 e. The van der Waals surface area contributed by atoms with Crippen LogP contribution in [0.1, 0.15) is 12.0 Å². The summed E-state index contributed by atoms with van der Waals surface area (Å²) in [6, 6.07) is 8.10. The zero-order valence-corrected chi connectivity index (χ0v) is 14.6. The number of hydrogen-bond donors (Lipinski definition) is 0. The number of carbonyl (C=O) groups excluding carboxylic acids is 1. The van der Waals surface area contributed by atoms with Gasteiger partial charge in [-0.25, -0.2) is 0 Å². The summed E-state index contributed by atoms with van der Waals surface area (Å²) in [5.74, 6) is 3.03. The summed E-state index contributed by atoms with van der Waals surface area (Å²) in [5.41, 5.74) is 1.06. The first-order valence-corrected chi connectivity index (χ1v) is 8.94. The monoisotopic (exact) mass is 322 g/mol. The van der Waals surface area contributed by atoms with E-state index in [2.05, 4.69) is 19.0 Å². The van der Waals surface area contributed by atoms with Crippen molar-refractivity contribution in [3.8, 4) is 5.75 Å². The van der Waals surface area contributed by atoms with Gasteiger partial charge in [0.15, 0.2) is 6.61 Å². The lowest BCUT2D eigenvalue weighted by Gasteiger charge is -2.31. The SMILES string of the molecule is Cc1ccccc1OCC(=O)N1CCCSC[C@H]1CN(C)C. The van der Waals surface area contributed by atoms with Crippen LogP contribution in [0.15, 0.2) is 24.3 Å². The Bertz CT molecular complexity index is 493. The van der Waals surface area contributed by atoms with Gasteiger partial charge in [-0.15, -0.1) is 0 Å². The molecule has 1 aromatic rings. The van der Waals surface area contributed by atoms with Crippen molar-refractivity contribution in [2.75, 3.05) is 45.3 Å². The number of ether oxygens (including phenoxy) is 1. The quantitative estimate of drug-likeness (QED) is 0.832. The van der Waals surface area contributed by atoms with E-state index in [1.165, 1.54) is 0 Å². The van der Waals surface area contributed by atoms with E-state index in [4.69, 9.17) is 4.74 Å². The van der Waals surface area contributed by atoms with Crippen molar-refractivity contribution < 1.29 is 9.53 Å². The van der Waals surface area contributed by atoms with Crippen molar-refractivity contribution in [2.24, 2.45) is 0 Å². The number of thioether (sulfide) groups is 1. The third-order valence-corrected chi connectivity index (χ3v) is 4.98. The van der Waals surface area contributed by atoms with Crippen molar-refractivity contribution >= 4 is 17.7 Å². The highest BCUT2D eigenvalue weighted by Gasteiger charge is 2.26. The molecule has 22 heavy (non-hydrogen) atoms. The van der Waals surface area contributed by atoms with Gasteiger partial charge in [0.25, 0.3) is 5.91 Å². The number of benzene rings is 1. The molecule has 1 atom stereocenters. The zero-order chi connectivity index (χ0) is 15.9. The standard InChI is InChI=1S/C17H26N2O2S/c1-14-7-4-5-8-16(14)21-12-17(20)19-9-6-10-22-13-15(19)11-18(2)3/h4-5,7-8,15H,6,9-13H2,1-3H3/t15-/m1/s1. The van der Waals surface area contributed by atoms with Crippen LogP contribution in [0.3, 0.4) is 0 Å². The van der Waals surface area contributed by atoms with E-state index in [1.54, 1.807) is 0 Å². The fourth-order valence-corrected chi connectivity index (χ4v) is 3.73. The van der Waals surface area contributed by atoms with E-state index in [0.29, 0.717) is 0 Å². The summed E-state index contributed by atoms with van der Waals surface area (Å²) in [6.07, 6.45) is 1.06. The molecule has 0 aromatic heterocycles. The summed E-state index contributed by atoms with van der Waals surface area (Å²) in [6.45, 7) is 3.86. The van der Waals surface area contributed by atoms with Crippen LogP contribution < -0.4 is 4.74 Å². The molecule has 122 valence electrons. The lowest BCUT2D eigenvalue weighted by Crippen LogP contribution is -2.48. The molecule has 1 aliphatic rings. The van der Waals surface area contributed by atoms with Gasteiger partial charge in [0.1, 0.15) is 5.75 Å². The maximum Gasteiger partial charge on any atom is 0.260 e. The molecule has 0 bridgehead atoms. The van der Waals surface area contributed by atoms with E-state index in [1.807, 2.05) is 47.9 Å². The minimum Gasteiger partial charge on any atom is -0.484 e. The maximum atomic E-state index is 12.6. The van der Waals surface area contributed by atoms with Gasteiger partial charge in [-0.2, -0.15) is 11.8 Å². The lowest BCUT2D eigenvalue weighted by atomic mass is 10.2. The average molecular weight is 322 g/mol. The van der Waals surface area contributed by atoms with Gasteiger partial charge in [0, 0.05) is 18.8 Å². The van der Waals surface area contributed by atoms with Crippen LogP contribution in [0.5, 0.6) is 5.75 Å². The summed E-state index contributed by atoms with van der Waals surface area (Å²) >= 11 is 1.94. The molecule has 2 rings (SSSR count). The molecular weight excluding hydrogens is 296 g/mol. The number of rotatable bonds is 5. The van der Waals surface area contributed by atoms with Gasteiger partial charge >= 0.3 is 0 Å². The first-order chi connectivity index (χ1) is 10.6. The largest absolute Gasteiger partial charge is 0.484 e. The molecule has 0 N–H and O–H groups in total. The summed E-state index contributed by atoms with van der Waals surface area (Å²) < 4.78 is 5.73. The third-order valence-electron chi connectivity index (χ3n) is 3.78. The zero-order valence-electron chi connectivity index (χ0n) is 13.7. The topological polar surface area (TPSA) is 32.8 Å². The van der Waals surface area contributed by atoms with Crippen LogP contribution in [-0.4, -0.2) is 67.0 Å². The Kier molecular flexibility index (Phi) is 6.58. The highest BCUT2D eigenvalue weighted by Crippen LogP contribution is 2.19. The molecule has 0 saturated carbocycles. The molecule has 5 heteroatoms. The first kappa shape index (κ1) is 17.2. The van der Waals surface area contributed by atoms with Crippen molar-refractivity contribution in [3.63, 3.8) is 0 Å². The van der Waals surface area contributed by atoms with Crippen LogP contribution in [0, 0.1) is 6.92 Å². The number of hydrogen-bond acceptors (Lipinski definition) is 4. The predicted molar refractivity (Wildman–Crippen MR) is 92.7 cm³/mol. The van der Waals surface area contributed by atoms with Crippen molar-refractivity contribution in [1.29, 1.82) is 0 Å². The van der Waals surface area contributed by atoms with Gasteiger partial charge < -0.3 is 14.5 Å². The third kappa shape index (κ3) is 4.92. The summed E-state index contributed by atoms with van der Waals surface area (Å²) in [5, 5.41) is 0. The van der Waals surface area contributed by atoms with Crippen LogP contribution in [0.25, 0.3) is 0 Å². The molecule has 0 unspecified atom stereocenters. The normalized spacial score (nSPS) is 19.1. The van der Waals surface area contributed by atoms with Gasteiger partial charge in [-0.05, 0) is 44.8 Å². The highest BCUT2D eigenvalue weighted by molar-refractivity contribution is 7.99. The van der Waals surface area contributed by atoms with E-state index in [0.717, 1.165) is 42.3 Å². The molecular formula is C17H26N2O2S. The van der Waals surface area contributed by atoms with Crippen molar-refractivity contribution in [1.82, 2.24) is 9.80 Å². The van der Waals surface area contributed by atoms with Gasteiger partial charge in [-0.1, -0.05) is 18.2 Å². The number of para-hydroxylation sites is 1. The van der Waals surface area contributed by atoms with Crippen LogP contribution in [-0.2, 0) is 4.79 Å². The number of amides is 1. The molecule has 0 radical (unpaired) electrons. The second-order valence-electron chi connectivity index (χ2n) is 5.99.